The third-order valence-corrected chi connectivity index (χ3v) is 4.49. The van der Waals surface area contributed by atoms with E-state index in [1.807, 2.05) is 36.4 Å². The molecule has 0 bridgehead atoms. The van der Waals surface area contributed by atoms with Crippen molar-refractivity contribution < 1.29 is 14.3 Å². The molecule has 0 aliphatic heterocycles. The zero-order chi connectivity index (χ0) is 19.8. The van der Waals surface area contributed by atoms with Crippen LogP contribution in [0.4, 0.5) is 0 Å². The first-order valence-electron chi connectivity index (χ1n) is 9.45. The van der Waals surface area contributed by atoms with Gasteiger partial charge in [0.2, 0.25) is 5.91 Å². The summed E-state index contributed by atoms with van der Waals surface area (Å²) in [6, 6.07) is 20.0. The Morgan fingerprint density at radius 1 is 0.889 bits per heavy atom. The lowest BCUT2D eigenvalue weighted by Crippen LogP contribution is -2.36. The monoisotopic (exact) mass is 367 g/mol. The van der Waals surface area contributed by atoms with Crippen LogP contribution in [0.25, 0.3) is 0 Å². The molecule has 0 unspecified atom stereocenters. The van der Waals surface area contributed by atoms with Gasteiger partial charge in [0, 0.05) is 18.9 Å². The third-order valence-electron chi connectivity index (χ3n) is 4.49. The molecule has 0 aliphatic carbocycles. The van der Waals surface area contributed by atoms with Gasteiger partial charge in [-0.3, -0.25) is 9.59 Å². The van der Waals surface area contributed by atoms with Crippen molar-refractivity contribution in [1.29, 1.82) is 0 Å². The number of amides is 1. The lowest BCUT2D eigenvalue weighted by molar-refractivity contribution is -0.152. The van der Waals surface area contributed by atoms with E-state index >= 15 is 0 Å². The van der Waals surface area contributed by atoms with E-state index in [0.717, 1.165) is 11.1 Å². The molecule has 0 fully saturated rings. The molecule has 0 heterocycles. The summed E-state index contributed by atoms with van der Waals surface area (Å²) in [5, 5.41) is 2.73. The minimum atomic E-state index is -0.299. The van der Waals surface area contributed by atoms with Gasteiger partial charge in [0.05, 0.1) is 6.42 Å². The molecule has 27 heavy (non-hydrogen) atoms. The molecule has 0 saturated carbocycles. The van der Waals surface area contributed by atoms with Crippen LogP contribution < -0.4 is 5.32 Å². The van der Waals surface area contributed by atoms with Gasteiger partial charge in [0.15, 0.2) is 0 Å². The molecule has 1 amide bonds. The number of hydrogen-bond acceptors (Lipinski definition) is 3. The summed E-state index contributed by atoms with van der Waals surface area (Å²) >= 11 is 0. The quantitative estimate of drug-likeness (QED) is 0.708. The molecular weight excluding hydrogens is 338 g/mol. The molecule has 2 aromatic carbocycles. The highest BCUT2D eigenvalue weighted by Crippen LogP contribution is 2.33. The van der Waals surface area contributed by atoms with Crippen LogP contribution in [0.5, 0.6) is 0 Å². The topological polar surface area (TPSA) is 55.4 Å². The molecule has 0 radical (unpaired) electrons. The van der Waals surface area contributed by atoms with Gasteiger partial charge in [0.1, 0.15) is 6.10 Å². The number of nitrogens with one attached hydrogen (secondary N) is 1. The van der Waals surface area contributed by atoms with E-state index in [4.69, 9.17) is 4.74 Å². The van der Waals surface area contributed by atoms with Gasteiger partial charge < -0.3 is 10.1 Å². The van der Waals surface area contributed by atoms with Gasteiger partial charge in [-0.15, -0.1) is 0 Å². The largest absolute Gasteiger partial charge is 0.461 e. The minimum Gasteiger partial charge on any atom is -0.461 e. The van der Waals surface area contributed by atoms with Crippen molar-refractivity contribution in [2.24, 2.45) is 5.92 Å². The van der Waals surface area contributed by atoms with Crippen LogP contribution in [-0.2, 0) is 14.3 Å². The molecule has 4 heteroatoms. The van der Waals surface area contributed by atoms with Gasteiger partial charge >= 0.3 is 5.97 Å². The zero-order valence-electron chi connectivity index (χ0n) is 16.5. The molecular formula is C23H29NO3. The number of rotatable bonds is 8. The Morgan fingerprint density at radius 3 is 1.78 bits per heavy atom. The SMILES string of the molecule is CC(=O)N[C@@H](C)CC(=O)O[C@@H](C(C)C)C(c1ccccc1)c1ccccc1. The van der Waals surface area contributed by atoms with E-state index in [0.29, 0.717) is 0 Å². The van der Waals surface area contributed by atoms with E-state index in [-0.39, 0.29) is 42.3 Å². The summed E-state index contributed by atoms with van der Waals surface area (Å²) in [6.07, 6.45) is -0.147. The number of benzene rings is 2. The maximum Gasteiger partial charge on any atom is 0.308 e. The van der Waals surface area contributed by atoms with Crippen molar-refractivity contribution in [2.45, 2.75) is 52.2 Å². The van der Waals surface area contributed by atoms with Crippen molar-refractivity contribution >= 4 is 11.9 Å². The van der Waals surface area contributed by atoms with Crippen molar-refractivity contribution in [2.75, 3.05) is 0 Å². The van der Waals surface area contributed by atoms with Gasteiger partial charge in [-0.05, 0) is 24.0 Å². The van der Waals surface area contributed by atoms with Crippen molar-refractivity contribution in [1.82, 2.24) is 5.32 Å². The van der Waals surface area contributed by atoms with Gasteiger partial charge in [-0.25, -0.2) is 0 Å². The molecule has 2 aromatic rings. The maximum atomic E-state index is 12.5. The predicted molar refractivity (Wildman–Crippen MR) is 107 cm³/mol. The fourth-order valence-electron chi connectivity index (χ4n) is 3.33. The fourth-order valence-corrected chi connectivity index (χ4v) is 3.33. The lowest BCUT2D eigenvalue weighted by atomic mass is 9.82. The van der Waals surface area contributed by atoms with Gasteiger partial charge in [-0.1, -0.05) is 74.5 Å². The Hall–Kier alpha value is -2.62. The molecule has 2 rings (SSSR count). The van der Waals surface area contributed by atoms with Crippen LogP contribution >= 0.6 is 0 Å². The standard InChI is InChI=1S/C23H29NO3/c1-16(2)23(27-21(26)15-17(3)24-18(4)25)22(19-11-7-5-8-12-19)20-13-9-6-10-14-20/h5-14,16-17,22-23H,15H2,1-4H3,(H,24,25)/t17-,23-/m0/s1. The Balaban J connectivity index is 2.27. The highest BCUT2D eigenvalue weighted by Gasteiger charge is 2.31. The number of ether oxygens (including phenoxy) is 1. The van der Waals surface area contributed by atoms with Crippen molar-refractivity contribution in [3.05, 3.63) is 71.8 Å². The van der Waals surface area contributed by atoms with E-state index in [1.165, 1.54) is 6.92 Å². The molecule has 0 spiro atoms. The average molecular weight is 367 g/mol. The Kier molecular flexibility index (Phi) is 7.59. The molecule has 0 aromatic heterocycles. The minimum absolute atomic E-state index is 0.0487. The van der Waals surface area contributed by atoms with Gasteiger partial charge in [0.25, 0.3) is 0 Å². The smallest absolute Gasteiger partial charge is 0.308 e. The van der Waals surface area contributed by atoms with E-state index < -0.39 is 0 Å². The Labute approximate surface area is 161 Å². The second kappa shape index (κ2) is 9.91. The highest BCUT2D eigenvalue weighted by atomic mass is 16.5. The van der Waals surface area contributed by atoms with Crippen molar-refractivity contribution in [3.63, 3.8) is 0 Å². The first-order chi connectivity index (χ1) is 12.9. The summed E-state index contributed by atoms with van der Waals surface area (Å²) < 4.78 is 5.94. The molecule has 2 atom stereocenters. The second-order valence-corrected chi connectivity index (χ2v) is 7.30. The van der Waals surface area contributed by atoms with Crippen LogP contribution in [-0.4, -0.2) is 24.0 Å². The first-order valence-corrected chi connectivity index (χ1v) is 9.45. The maximum absolute atomic E-state index is 12.5. The van der Waals surface area contributed by atoms with Crippen LogP contribution in [0.15, 0.2) is 60.7 Å². The highest BCUT2D eigenvalue weighted by molar-refractivity contribution is 5.75. The van der Waals surface area contributed by atoms with E-state index in [9.17, 15) is 9.59 Å². The second-order valence-electron chi connectivity index (χ2n) is 7.30. The third kappa shape index (κ3) is 6.24. The summed E-state index contributed by atoms with van der Waals surface area (Å²) in [6.45, 7) is 7.38. The number of hydrogen-bond donors (Lipinski definition) is 1. The van der Waals surface area contributed by atoms with Crippen LogP contribution in [0.3, 0.4) is 0 Å². The normalized spacial score (nSPS) is 13.3. The summed E-state index contributed by atoms with van der Waals surface area (Å²) in [5.74, 6) is -0.364. The molecule has 0 saturated heterocycles. The summed E-state index contributed by atoms with van der Waals surface area (Å²) in [4.78, 5) is 23.7. The Bertz CT molecular complexity index is 688. The summed E-state index contributed by atoms with van der Waals surface area (Å²) in [5.41, 5.74) is 2.23. The first kappa shape index (κ1) is 20.7. The number of carbonyl (C=O) groups excluding carboxylic acids is 2. The van der Waals surface area contributed by atoms with Crippen LogP contribution in [0, 0.1) is 5.92 Å². The van der Waals surface area contributed by atoms with Crippen LogP contribution in [0.2, 0.25) is 0 Å². The zero-order valence-corrected chi connectivity index (χ0v) is 16.5. The van der Waals surface area contributed by atoms with Gasteiger partial charge in [-0.2, -0.15) is 0 Å². The average Bonchev–Trinajstić information content (AvgIpc) is 2.62. The fraction of sp³-hybridized carbons (Fsp3) is 0.391. The molecule has 0 aliphatic rings. The molecule has 144 valence electrons. The van der Waals surface area contributed by atoms with Crippen molar-refractivity contribution in [3.8, 4) is 0 Å². The van der Waals surface area contributed by atoms with Crippen LogP contribution in [0.1, 0.15) is 51.2 Å². The number of carbonyl (C=O) groups is 2. The Morgan fingerprint density at radius 2 is 1.37 bits per heavy atom. The molecule has 4 nitrogen and oxygen atoms in total. The predicted octanol–water partition coefficient (Wildman–Crippen LogP) is 4.30. The number of esters is 1. The lowest BCUT2D eigenvalue weighted by Gasteiger charge is -2.31. The summed E-state index contributed by atoms with van der Waals surface area (Å²) in [7, 11) is 0. The van der Waals surface area contributed by atoms with E-state index in [1.54, 1.807) is 6.92 Å². The molecule has 1 N–H and O–H groups in total. The van der Waals surface area contributed by atoms with E-state index in [2.05, 4.69) is 43.4 Å².